The molecule has 1 atom stereocenters. The summed E-state index contributed by atoms with van der Waals surface area (Å²) >= 11 is 0. The molecule has 0 aromatic heterocycles. The number of hydrogen-bond acceptors (Lipinski definition) is 3. The molecular formula is C14H17NO3. The fourth-order valence-corrected chi connectivity index (χ4v) is 2.08. The highest BCUT2D eigenvalue weighted by Gasteiger charge is 2.28. The van der Waals surface area contributed by atoms with Crippen molar-refractivity contribution in [3.8, 4) is 0 Å². The van der Waals surface area contributed by atoms with Crippen LogP contribution < -0.4 is 0 Å². The molecule has 4 heteroatoms. The number of ketones is 1. The fraction of sp³-hybridized carbons (Fsp3) is 0.429. The van der Waals surface area contributed by atoms with Crippen LogP contribution >= 0.6 is 0 Å². The van der Waals surface area contributed by atoms with E-state index in [0.29, 0.717) is 19.4 Å². The van der Waals surface area contributed by atoms with Crippen molar-refractivity contribution in [2.24, 2.45) is 0 Å². The van der Waals surface area contributed by atoms with Crippen LogP contribution in [0, 0.1) is 0 Å². The zero-order chi connectivity index (χ0) is 13.0. The monoisotopic (exact) mass is 247 g/mol. The van der Waals surface area contributed by atoms with Crippen LogP contribution in [-0.2, 0) is 16.1 Å². The summed E-state index contributed by atoms with van der Waals surface area (Å²) < 4.78 is 5.25. The number of Topliss-reactive ketones (excluding diaryl/α,β-unsaturated/α-hetero) is 1. The predicted molar refractivity (Wildman–Crippen MR) is 67.0 cm³/mol. The van der Waals surface area contributed by atoms with Gasteiger partial charge in [0.15, 0.2) is 0 Å². The molecule has 0 saturated carbocycles. The van der Waals surface area contributed by atoms with Crippen LogP contribution in [0.25, 0.3) is 0 Å². The minimum atomic E-state index is -0.334. The van der Waals surface area contributed by atoms with Gasteiger partial charge in [0.1, 0.15) is 12.4 Å². The van der Waals surface area contributed by atoms with E-state index in [4.69, 9.17) is 4.74 Å². The molecule has 0 aliphatic carbocycles. The first-order valence-corrected chi connectivity index (χ1v) is 6.16. The molecule has 0 radical (unpaired) electrons. The Hall–Kier alpha value is -1.84. The smallest absolute Gasteiger partial charge is 0.410 e. The molecule has 4 nitrogen and oxygen atoms in total. The van der Waals surface area contributed by atoms with E-state index in [-0.39, 0.29) is 24.5 Å². The number of hydrogen-bond donors (Lipinski definition) is 0. The van der Waals surface area contributed by atoms with Crippen LogP contribution in [0.15, 0.2) is 30.3 Å². The second-order valence-electron chi connectivity index (χ2n) is 4.58. The van der Waals surface area contributed by atoms with E-state index < -0.39 is 0 Å². The van der Waals surface area contributed by atoms with Crippen molar-refractivity contribution in [2.45, 2.75) is 32.4 Å². The molecule has 1 aliphatic heterocycles. The van der Waals surface area contributed by atoms with Crippen molar-refractivity contribution >= 4 is 11.9 Å². The van der Waals surface area contributed by atoms with E-state index in [9.17, 15) is 9.59 Å². The average Bonchev–Trinajstić information content (AvgIpc) is 2.37. The highest BCUT2D eigenvalue weighted by atomic mass is 16.6. The van der Waals surface area contributed by atoms with Gasteiger partial charge in [-0.25, -0.2) is 4.79 Å². The number of carbonyl (C=O) groups is 2. The number of carbonyl (C=O) groups excluding carboxylic acids is 2. The lowest BCUT2D eigenvalue weighted by atomic mass is 10.0. The minimum Gasteiger partial charge on any atom is -0.445 e. The van der Waals surface area contributed by atoms with Crippen molar-refractivity contribution in [3.05, 3.63) is 35.9 Å². The Balaban J connectivity index is 1.86. The molecule has 1 fully saturated rings. The topological polar surface area (TPSA) is 46.6 Å². The molecule has 1 unspecified atom stereocenters. The van der Waals surface area contributed by atoms with Crippen LogP contribution in [0.4, 0.5) is 4.79 Å². The Bertz CT molecular complexity index is 430. The van der Waals surface area contributed by atoms with Gasteiger partial charge in [0.25, 0.3) is 0 Å². The van der Waals surface area contributed by atoms with Crippen molar-refractivity contribution in [2.75, 3.05) is 6.54 Å². The van der Waals surface area contributed by atoms with Crippen LogP contribution in [0.3, 0.4) is 0 Å². The summed E-state index contributed by atoms with van der Waals surface area (Å²) in [6, 6.07) is 9.50. The molecule has 2 rings (SSSR count). The Labute approximate surface area is 107 Å². The highest BCUT2D eigenvalue weighted by Crippen LogP contribution is 2.15. The third-order valence-corrected chi connectivity index (χ3v) is 3.13. The standard InChI is InChI=1S/C14H17NO3/c1-11-9-13(16)7-8-15(11)14(17)18-10-12-5-3-2-4-6-12/h2-6,11H,7-10H2,1H3. The number of nitrogens with zero attached hydrogens (tertiary/aromatic N) is 1. The Morgan fingerprint density at radius 2 is 2.11 bits per heavy atom. The summed E-state index contributed by atoms with van der Waals surface area (Å²) in [7, 11) is 0. The second-order valence-corrected chi connectivity index (χ2v) is 4.58. The van der Waals surface area contributed by atoms with E-state index in [1.54, 1.807) is 4.90 Å². The van der Waals surface area contributed by atoms with Gasteiger partial charge in [0.05, 0.1) is 0 Å². The average molecular weight is 247 g/mol. The van der Waals surface area contributed by atoms with E-state index >= 15 is 0 Å². The predicted octanol–water partition coefficient (Wildman–Crippen LogP) is 2.38. The maximum atomic E-state index is 11.9. The SMILES string of the molecule is CC1CC(=O)CCN1C(=O)OCc1ccccc1. The molecule has 96 valence electrons. The first-order chi connectivity index (χ1) is 8.66. The lowest BCUT2D eigenvalue weighted by Gasteiger charge is -2.31. The largest absolute Gasteiger partial charge is 0.445 e. The summed E-state index contributed by atoms with van der Waals surface area (Å²) in [6.07, 6.45) is 0.532. The molecule has 1 saturated heterocycles. The van der Waals surface area contributed by atoms with Gasteiger partial charge < -0.3 is 9.64 Å². The summed E-state index contributed by atoms with van der Waals surface area (Å²) in [4.78, 5) is 24.8. The normalized spacial score (nSPS) is 19.7. The first-order valence-electron chi connectivity index (χ1n) is 6.16. The number of benzene rings is 1. The highest BCUT2D eigenvalue weighted by molar-refractivity contribution is 5.82. The van der Waals surface area contributed by atoms with Crippen LogP contribution in [-0.4, -0.2) is 29.4 Å². The maximum Gasteiger partial charge on any atom is 0.410 e. The summed E-state index contributed by atoms with van der Waals surface area (Å²) in [6.45, 7) is 2.62. The van der Waals surface area contributed by atoms with Gasteiger partial charge in [-0.1, -0.05) is 30.3 Å². The summed E-state index contributed by atoms with van der Waals surface area (Å²) in [5, 5.41) is 0. The van der Waals surface area contributed by atoms with Crippen molar-refractivity contribution in [1.82, 2.24) is 4.90 Å². The molecule has 0 spiro atoms. The number of piperidine rings is 1. The van der Waals surface area contributed by atoms with Gasteiger partial charge in [-0.15, -0.1) is 0 Å². The number of likely N-dealkylation sites (tertiary alicyclic amines) is 1. The molecule has 1 amide bonds. The van der Waals surface area contributed by atoms with E-state index in [0.717, 1.165) is 5.56 Å². The van der Waals surface area contributed by atoms with Crippen LogP contribution in [0.2, 0.25) is 0 Å². The van der Waals surface area contributed by atoms with Gasteiger partial charge in [-0.3, -0.25) is 4.79 Å². The van der Waals surface area contributed by atoms with Gasteiger partial charge in [-0.05, 0) is 12.5 Å². The molecule has 1 aromatic rings. The zero-order valence-corrected chi connectivity index (χ0v) is 10.5. The second kappa shape index (κ2) is 5.67. The van der Waals surface area contributed by atoms with E-state index in [1.807, 2.05) is 37.3 Å². The van der Waals surface area contributed by atoms with Crippen molar-refractivity contribution in [3.63, 3.8) is 0 Å². The number of ether oxygens (including phenoxy) is 1. The Kier molecular flexibility index (Phi) is 3.97. The van der Waals surface area contributed by atoms with Gasteiger partial charge in [-0.2, -0.15) is 0 Å². The molecule has 1 heterocycles. The third kappa shape index (κ3) is 3.09. The summed E-state index contributed by atoms with van der Waals surface area (Å²) in [5.41, 5.74) is 0.964. The third-order valence-electron chi connectivity index (χ3n) is 3.13. The minimum absolute atomic E-state index is 0.0606. The molecular weight excluding hydrogens is 230 g/mol. The number of rotatable bonds is 2. The van der Waals surface area contributed by atoms with Gasteiger partial charge in [0, 0.05) is 25.4 Å². The molecule has 1 aliphatic rings. The van der Waals surface area contributed by atoms with Gasteiger partial charge in [0.2, 0.25) is 0 Å². The molecule has 0 N–H and O–H groups in total. The van der Waals surface area contributed by atoms with E-state index in [2.05, 4.69) is 0 Å². The lowest BCUT2D eigenvalue weighted by Crippen LogP contribution is -2.45. The lowest BCUT2D eigenvalue weighted by molar-refractivity contribution is -0.122. The quantitative estimate of drug-likeness (QED) is 0.806. The Morgan fingerprint density at radius 3 is 2.78 bits per heavy atom. The fourth-order valence-electron chi connectivity index (χ4n) is 2.08. The molecule has 18 heavy (non-hydrogen) atoms. The van der Waals surface area contributed by atoms with Gasteiger partial charge >= 0.3 is 6.09 Å². The van der Waals surface area contributed by atoms with Crippen LogP contribution in [0.5, 0.6) is 0 Å². The number of amides is 1. The maximum absolute atomic E-state index is 11.9. The molecule has 0 bridgehead atoms. The molecule has 1 aromatic carbocycles. The van der Waals surface area contributed by atoms with Crippen molar-refractivity contribution < 1.29 is 14.3 Å². The van der Waals surface area contributed by atoms with Crippen LogP contribution in [0.1, 0.15) is 25.3 Å². The van der Waals surface area contributed by atoms with Crippen molar-refractivity contribution in [1.29, 1.82) is 0 Å². The Morgan fingerprint density at radius 1 is 1.39 bits per heavy atom. The summed E-state index contributed by atoms with van der Waals surface area (Å²) in [5.74, 6) is 0.217. The zero-order valence-electron chi connectivity index (χ0n) is 10.5. The first kappa shape index (κ1) is 12.6. The van der Waals surface area contributed by atoms with E-state index in [1.165, 1.54) is 0 Å².